The highest BCUT2D eigenvalue weighted by Crippen LogP contribution is 2.30. The first kappa shape index (κ1) is 27.0. The minimum absolute atomic E-state index is 0.0263. The van der Waals surface area contributed by atoms with Crippen LogP contribution in [0.2, 0.25) is 0 Å². The molecule has 10 heteroatoms. The van der Waals surface area contributed by atoms with Crippen molar-refractivity contribution in [3.8, 4) is 11.5 Å². The summed E-state index contributed by atoms with van der Waals surface area (Å²) in [4.78, 5) is 52.2. The van der Waals surface area contributed by atoms with Crippen LogP contribution in [0.15, 0.2) is 46.0 Å². The first-order valence-corrected chi connectivity index (χ1v) is 12.8. The summed E-state index contributed by atoms with van der Waals surface area (Å²) >= 11 is 0. The SMILES string of the molecule is COc1cc2c(=O)n(Cc3ccc(C(=O)NC4CC4)cc3)c(=O)n(CC(=O)NCCC(C)C)c2cc1OC. The number of fused-ring (bicyclic) bond motifs is 1. The van der Waals surface area contributed by atoms with Gasteiger partial charge in [-0.25, -0.2) is 4.79 Å². The molecule has 38 heavy (non-hydrogen) atoms. The molecule has 0 saturated heterocycles. The van der Waals surface area contributed by atoms with E-state index in [4.69, 9.17) is 9.47 Å². The van der Waals surface area contributed by atoms with E-state index >= 15 is 0 Å². The zero-order chi connectivity index (χ0) is 27.4. The van der Waals surface area contributed by atoms with Gasteiger partial charge in [0.15, 0.2) is 11.5 Å². The van der Waals surface area contributed by atoms with Gasteiger partial charge in [0.25, 0.3) is 11.5 Å². The molecule has 4 rings (SSSR count). The van der Waals surface area contributed by atoms with E-state index in [1.165, 1.54) is 30.9 Å². The molecule has 0 unspecified atom stereocenters. The summed E-state index contributed by atoms with van der Waals surface area (Å²) in [5.74, 6) is 0.615. The third kappa shape index (κ3) is 6.07. The van der Waals surface area contributed by atoms with Crippen LogP contribution in [-0.4, -0.2) is 47.8 Å². The lowest BCUT2D eigenvalue weighted by Gasteiger charge is -2.17. The average molecular weight is 523 g/mol. The molecule has 3 aromatic rings. The highest BCUT2D eigenvalue weighted by atomic mass is 16.5. The number of benzene rings is 2. The number of amides is 2. The maximum atomic E-state index is 13.6. The van der Waals surface area contributed by atoms with Crippen molar-refractivity contribution < 1.29 is 19.1 Å². The van der Waals surface area contributed by atoms with Gasteiger partial charge in [0, 0.05) is 24.2 Å². The summed E-state index contributed by atoms with van der Waals surface area (Å²) in [7, 11) is 2.92. The van der Waals surface area contributed by atoms with Crippen molar-refractivity contribution in [3.63, 3.8) is 0 Å². The Balaban J connectivity index is 1.72. The first-order valence-electron chi connectivity index (χ1n) is 12.8. The molecule has 2 aromatic carbocycles. The molecule has 1 aliphatic rings. The lowest BCUT2D eigenvalue weighted by molar-refractivity contribution is -0.121. The smallest absolute Gasteiger partial charge is 0.332 e. The quantitative estimate of drug-likeness (QED) is 0.399. The molecule has 1 heterocycles. The fourth-order valence-electron chi connectivity index (χ4n) is 4.18. The van der Waals surface area contributed by atoms with E-state index in [2.05, 4.69) is 24.5 Å². The lowest BCUT2D eigenvalue weighted by Crippen LogP contribution is -2.43. The number of carbonyl (C=O) groups excluding carboxylic acids is 2. The summed E-state index contributed by atoms with van der Waals surface area (Å²) in [6.45, 7) is 4.32. The van der Waals surface area contributed by atoms with E-state index in [0.717, 1.165) is 23.8 Å². The molecule has 0 spiro atoms. The van der Waals surface area contributed by atoms with Crippen molar-refractivity contribution in [2.24, 2.45) is 5.92 Å². The standard InChI is InChI=1S/C28H34N4O6/c1-17(2)11-12-29-25(33)16-31-22-14-24(38-4)23(37-3)13-21(22)27(35)32(28(31)36)15-18-5-7-19(8-6-18)26(34)30-20-9-10-20/h5-8,13-14,17,20H,9-12,15-16H2,1-4H3,(H,29,33)(H,30,34). The van der Waals surface area contributed by atoms with Crippen molar-refractivity contribution in [2.45, 2.75) is 52.2 Å². The monoisotopic (exact) mass is 522 g/mol. The molecule has 2 amide bonds. The van der Waals surface area contributed by atoms with E-state index in [0.29, 0.717) is 35.1 Å². The molecule has 10 nitrogen and oxygen atoms in total. The van der Waals surface area contributed by atoms with Gasteiger partial charge in [-0.2, -0.15) is 0 Å². The Kier molecular flexibility index (Phi) is 8.19. The number of rotatable bonds is 11. The van der Waals surface area contributed by atoms with Crippen LogP contribution in [0.5, 0.6) is 11.5 Å². The van der Waals surface area contributed by atoms with E-state index in [-0.39, 0.29) is 41.8 Å². The second-order valence-electron chi connectivity index (χ2n) is 9.96. The van der Waals surface area contributed by atoms with E-state index in [1.54, 1.807) is 24.3 Å². The Morgan fingerprint density at radius 3 is 2.26 bits per heavy atom. The van der Waals surface area contributed by atoms with Gasteiger partial charge in [-0.1, -0.05) is 26.0 Å². The summed E-state index contributed by atoms with van der Waals surface area (Å²) in [5, 5.41) is 6.00. The summed E-state index contributed by atoms with van der Waals surface area (Å²) in [5.41, 5.74) is 0.320. The molecule has 1 aromatic heterocycles. The normalized spacial score (nSPS) is 13.0. The Hall–Kier alpha value is -4.08. The van der Waals surface area contributed by atoms with Gasteiger partial charge >= 0.3 is 5.69 Å². The second-order valence-corrected chi connectivity index (χ2v) is 9.96. The van der Waals surface area contributed by atoms with E-state index in [1.807, 2.05) is 0 Å². The van der Waals surface area contributed by atoms with Gasteiger partial charge in [0.2, 0.25) is 5.91 Å². The van der Waals surface area contributed by atoms with Crippen LogP contribution in [-0.2, 0) is 17.9 Å². The van der Waals surface area contributed by atoms with Gasteiger partial charge in [-0.05, 0) is 48.9 Å². The number of carbonyl (C=O) groups is 2. The number of nitrogens with zero attached hydrogens (tertiary/aromatic N) is 2. The van der Waals surface area contributed by atoms with Crippen LogP contribution in [0, 0.1) is 5.92 Å². The number of hydrogen-bond acceptors (Lipinski definition) is 6. The molecule has 0 radical (unpaired) electrons. The predicted molar refractivity (Wildman–Crippen MR) is 144 cm³/mol. The molecule has 0 aliphatic heterocycles. The largest absolute Gasteiger partial charge is 0.493 e. The Morgan fingerprint density at radius 1 is 1.00 bits per heavy atom. The maximum absolute atomic E-state index is 13.6. The molecular formula is C28H34N4O6. The minimum Gasteiger partial charge on any atom is -0.493 e. The average Bonchev–Trinajstić information content (AvgIpc) is 3.72. The first-order chi connectivity index (χ1) is 18.2. The van der Waals surface area contributed by atoms with Crippen molar-refractivity contribution in [1.29, 1.82) is 0 Å². The molecule has 0 atom stereocenters. The van der Waals surface area contributed by atoms with Crippen LogP contribution in [0.1, 0.15) is 49.0 Å². The van der Waals surface area contributed by atoms with Crippen molar-refractivity contribution >= 4 is 22.7 Å². The number of hydrogen-bond donors (Lipinski definition) is 2. The second kappa shape index (κ2) is 11.5. The highest BCUT2D eigenvalue weighted by Gasteiger charge is 2.24. The third-order valence-electron chi connectivity index (χ3n) is 6.54. The highest BCUT2D eigenvalue weighted by molar-refractivity contribution is 5.94. The number of methoxy groups -OCH3 is 2. The molecule has 0 bridgehead atoms. The molecule has 202 valence electrons. The topological polar surface area (TPSA) is 121 Å². The number of nitrogens with one attached hydrogen (secondary N) is 2. The van der Waals surface area contributed by atoms with Gasteiger partial charge in [0.05, 0.1) is 31.7 Å². The fraction of sp³-hybridized carbons (Fsp3) is 0.429. The molecule has 1 fully saturated rings. The van der Waals surface area contributed by atoms with Gasteiger partial charge in [-0.3, -0.25) is 23.5 Å². The van der Waals surface area contributed by atoms with E-state index in [9.17, 15) is 19.2 Å². The predicted octanol–water partition coefficient (Wildman–Crippen LogP) is 2.28. The third-order valence-corrected chi connectivity index (χ3v) is 6.54. The fourth-order valence-corrected chi connectivity index (χ4v) is 4.18. The van der Waals surface area contributed by atoms with Crippen LogP contribution >= 0.6 is 0 Å². The maximum Gasteiger partial charge on any atom is 0.332 e. The number of aromatic nitrogens is 2. The summed E-state index contributed by atoms with van der Waals surface area (Å²) < 4.78 is 13.1. The van der Waals surface area contributed by atoms with Crippen molar-refractivity contribution in [1.82, 2.24) is 19.8 Å². The van der Waals surface area contributed by atoms with Gasteiger partial charge in [-0.15, -0.1) is 0 Å². The molecule has 1 aliphatic carbocycles. The minimum atomic E-state index is -0.621. The Morgan fingerprint density at radius 2 is 1.66 bits per heavy atom. The van der Waals surface area contributed by atoms with Crippen molar-refractivity contribution in [3.05, 3.63) is 68.4 Å². The Labute approximate surface area is 220 Å². The Bertz CT molecular complexity index is 1450. The van der Waals surface area contributed by atoms with E-state index < -0.39 is 11.2 Å². The van der Waals surface area contributed by atoms with Crippen LogP contribution in [0.3, 0.4) is 0 Å². The summed E-state index contributed by atoms with van der Waals surface area (Å²) in [6, 6.07) is 10.1. The lowest BCUT2D eigenvalue weighted by atomic mass is 10.1. The van der Waals surface area contributed by atoms with Crippen LogP contribution < -0.4 is 31.4 Å². The molecular weight excluding hydrogens is 488 g/mol. The van der Waals surface area contributed by atoms with Crippen LogP contribution in [0.4, 0.5) is 0 Å². The van der Waals surface area contributed by atoms with Gasteiger partial charge < -0.3 is 20.1 Å². The molecule has 2 N–H and O–H groups in total. The zero-order valence-corrected chi connectivity index (χ0v) is 22.2. The van der Waals surface area contributed by atoms with Crippen LogP contribution in [0.25, 0.3) is 10.9 Å². The van der Waals surface area contributed by atoms with Crippen molar-refractivity contribution in [2.75, 3.05) is 20.8 Å². The number of ether oxygens (including phenoxy) is 2. The zero-order valence-electron chi connectivity index (χ0n) is 22.2. The molecule has 1 saturated carbocycles. The van der Waals surface area contributed by atoms with Gasteiger partial charge in [0.1, 0.15) is 6.54 Å². The summed E-state index contributed by atoms with van der Waals surface area (Å²) in [6.07, 6.45) is 2.79.